The molecule has 4 rings (SSSR count). The molecule has 23 heavy (non-hydrogen) atoms. The normalized spacial score (nSPS) is 11.4. The van der Waals surface area contributed by atoms with E-state index in [1.807, 2.05) is 43.3 Å². The first-order chi connectivity index (χ1) is 11.2. The quantitative estimate of drug-likeness (QED) is 0.547. The first-order valence-corrected chi connectivity index (χ1v) is 7.95. The van der Waals surface area contributed by atoms with E-state index in [1.165, 1.54) is 0 Å². The molecule has 5 heteroatoms. The van der Waals surface area contributed by atoms with Crippen molar-refractivity contribution in [3.63, 3.8) is 0 Å². The van der Waals surface area contributed by atoms with E-state index in [0.29, 0.717) is 5.02 Å². The molecule has 0 saturated carbocycles. The molecule has 114 valence electrons. The number of benzene rings is 1. The van der Waals surface area contributed by atoms with Gasteiger partial charge in [-0.3, -0.25) is 4.40 Å². The molecule has 0 amide bonds. The third-order valence-electron chi connectivity index (χ3n) is 3.99. The molecule has 0 aliphatic carbocycles. The minimum Gasteiger partial charge on any atom is -0.277 e. The van der Waals surface area contributed by atoms with Crippen molar-refractivity contribution in [1.82, 2.24) is 19.4 Å². The van der Waals surface area contributed by atoms with Crippen LogP contribution in [0.3, 0.4) is 0 Å². The van der Waals surface area contributed by atoms with Crippen LogP contribution in [-0.2, 0) is 6.42 Å². The average molecular weight is 323 g/mol. The summed E-state index contributed by atoms with van der Waals surface area (Å²) in [4.78, 5) is 14.1. The zero-order chi connectivity index (χ0) is 16.0. The molecule has 3 heterocycles. The lowest BCUT2D eigenvalue weighted by molar-refractivity contribution is 0.937. The summed E-state index contributed by atoms with van der Waals surface area (Å²) in [7, 11) is 0. The van der Waals surface area contributed by atoms with Crippen LogP contribution < -0.4 is 0 Å². The fraction of sp³-hybridized carbons (Fsp3) is 0.167. The number of aromatic nitrogens is 4. The topological polar surface area (TPSA) is 43.1 Å². The minimum atomic E-state index is 0.715. The van der Waals surface area contributed by atoms with Crippen LogP contribution >= 0.6 is 11.6 Å². The molecular weight excluding hydrogens is 308 g/mol. The third-order valence-corrected chi connectivity index (χ3v) is 4.24. The van der Waals surface area contributed by atoms with Crippen molar-refractivity contribution < 1.29 is 0 Å². The Bertz CT molecular complexity index is 1020. The Morgan fingerprint density at radius 3 is 2.61 bits per heavy atom. The smallest absolute Gasteiger partial charge is 0.164 e. The molecule has 0 bridgehead atoms. The van der Waals surface area contributed by atoms with Gasteiger partial charge in [0.2, 0.25) is 0 Å². The number of hydrogen-bond acceptors (Lipinski definition) is 3. The SMILES string of the molecule is CCc1nc(C)c2c(-c3ccc(Cl)cc3)nc3cccnc3n12. The van der Waals surface area contributed by atoms with E-state index in [2.05, 4.69) is 16.3 Å². The van der Waals surface area contributed by atoms with Crippen LogP contribution in [0.4, 0.5) is 0 Å². The van der Waals surface area contributed by atoms with Crippen LogP contribution in [0.25, 0.3) is 27.9 Å². The maximum atomic E-state index is 6.02. The fourth-order valence-corrected chi connectivity index (χ4v) is 3.09. The largest absolute Gasteiger partial charge is 0.277 e. The first-order valence-electron chi connectivity index (χ1n) is 7.57. The Kier molecular flexibility index (Phi) is 3.27. The average Bonchev–Trinajstić information content (AvgIpc) is 2.92. The lowest BCUT2D eigenvalue weighted by Gasteiger charge is -2.09. The Balaban J connectivity index is 2.18. The molecule has 0 spiro atoms. The Labute approximate surface area is 138 Å². The Morgan fingerprint density at radius 1 is 1.09 bits per heavy atom. The second kappa shape index (κ2) is 5.32. The fourth-order valence-electron chi connectivity index (χ4n) is 2.96. The van der Waals surface area contributed by atoms with Gasteiger partial charge >= 0.3 is 0 Å². The number of nitrogens with zero attached hydrogens (tertiary/aromatic N) is 4. The van der Waals surface area contributed by atoms with Gasteiger partial charge in [-0.1, -0.05) is 30.7 Å². The monoisotopic (exact) mass is 322 g/mol. The lowest BCUT2D eigenvalue weighted by atomic mass is 10.1. The van der Waals surface area contributed by atoms with Crippen molar-refractivity contribution in [1.29, 1.82) is 0 Å². The molecule has 4 nitrogen and oxygen atoms in total. The van der Waals surface area contributed by atoms with E-state index in [-0.39, 0.29) is 0 Å². The highest BCUT2D eigenvalue weighted by molar-refractivity contribution is 6.30. The maximum Gasteiger partial charge on any atom is 0.164 e. The van der Waals surface area contributed by atoms with Crippen molar-refractivity contribution in [2.75, 3.05) is 0 Å². The van der Waals surface area contributed by atoms with Crippen LogP contribution in [0.15, 0.2) is 42.6 Å². The Hall–Kier alpha value is -2.46. The molecule has 0 radical (unpaired) electrons. The zero-order valence-electron chi connectivity index (χ0n) is 12.9. The number of hydrogen-bond donors (Lipinski definition) is 0. The van der Waals surface area contributed by atoms with Crippen LogP contribution in [0.1, 0.15) is 18.4 Å². The van der Waals surface area contributed by atoms with E-state index in [1.54, 1.807) is 6.20 Å². The van der Waals surface area contributed by atoms with E-state index in [4.69, 9.17) is 21.6 Å². The van der Waals surface area contributed by atoms with Gasteiger partial charge in [0, 0.05) is 23.2 Å². The lowest BCUT2D eigenvalue weighted by Crippen LogP contribution is -2.00. The van der Waals surface area contributed by atoms with Crippen LogP contribution in [0.2, 0.25) is 5.02 Å². The van der Waals surface area contributed by atoms with Crippen molar-refractivity contribution in [3.8, 4) is 11.3 Å². The summed E-state index contributed by atoms with van der Waals surface area (Å²) in [6, 6.07) is 11.6. The molecule has 0 N–H and O–H groups in total. The van der Waals surface area contributed by atoms with Crippen molar-refractivity contribution in [3.05, 3.63) is 59.1 Å². The third kappa shape index (κ3) is 2.18. The summed E-state index contributed by atoms with van der Waals surface area (Å²) in [5, 5.41) is 0.715. The predicted molar refractivity (Wildman–Crippen MR) is 92.8 cm³/mol. The molecule has 3 aromatic heterocycles. The zero-order valence-corrected chi connectivity index (χ0v) is 13.7. The van der Waals surface area contributed by atoms with Crippen molar-refractivity contribution in [2.45, 2.75) is 20.3 Å². The van der Waals surface area contributed by atoms with Gasteiger partial charge in [0.15, 0.2) is 5.65 Å². The minimum absolute atomic E-state index is 0.715. The molecular formula is C18H15ClN4. The molecule has 1 aromatic carbocycles. The summed E-state index contributed by atoms with van der Waals surface area (Å²) in [5.41, 5.74) is 5.61. The molecule has 0 aliphatic heterocycles. The van der Waals surface area contributed by atoms with Gasteiger partial charge in [0.05, 0.1) is 16.9 Å². The van der Waals surface area contributed by atoms with Gasteiger partial charge in [-0.2, -0.15) is 0 Å². The predicted octanol–water partition coefficient (Wildman–Crippen LogP) is 4.47. The number of aryl methyl sites for hydroxylation is 2. The second-order valence-corrected chi connectivity index (χ2v) is 5.90. The van der Waals surface area contributed by atoms with Crippen LogP contribution in [0.5, 0.6) is 0 Å². The summed E-state index contributed by atoms with van der Waals surface area (Å²) in [6.07, 6.45) is 2.63. The molecule has 0 fully saturated rings. The van der Waals surface area contributed by atoms with Crippen LogP contribution in [-0.4, -0.2) is 19.4 Å². The highest BCUT2D eigenvalue weighted by atomic mass is 35.5. The van der Waals surface area contributed by atoms with Gasteiger partial charge < -0.3 is 0 Å². The standard InChI is InChI=1S/C18H15ClN4/c1-3-15-21-11(2)17-16(12-6-8-13(19)9-7-12)22-14-5-4-10-20-18(14)23(15)17/h4-10H,3H2,1-2H3. The number of fused-ring (bicyclic) bond motifs is 3. The number of pyridine rings is 1. The molecule has 0 aliphatic rings. The van der Waals surface area contributed by atoms with Crippen molar-refractivity contribution in [2.24, 2.45) is 0 Å². The van der Waals surface area contributed by atoms with Gasteiger partial charge in [-0.25, -0.2) is 15.0 Å². The van der Waals surface area contributed by atoms with E-state index in [9.17, 15) is 0 Å². The van der Waals surface area contributed by atoms with E-state index < -0.39 is 0 Å². The van der Waals surface area contributed by atoms with Crippen LogP contribution in [0, 0.1) is 6.92 Å². The Morgan fingerprint density at radius 2 is 1.87 bits per heavy atom. The summed E-state index contributed by atoms with van der Waals surface area (Å²) in [5.74, 6) is 0.999. The van der Waals surface area contributed by atoms with Gasteiger partial charge in [0.1, 0.15) is 11.3 Å². The maximum absolute atomic E-state index is 6.02. The molecule has 4 aromatic rings. The number of imidazole rings is 1. The number of halogens is 1. The van der Waals surface area contributed by atoms with Gasteiger partial charge in [-0.05, 0) is 31.2 Å². The van der Waals surface area contributed by atoms with Gasteiger partial charge in [-0.15, -0.1) is 0 Å². The summed E-state index contributed by atoms with van der Waals surface area (Å²) < 4.78 is 2.13. The van der Waals surface area contributed by atoms with Crippen molar-refractivity contribution >= 4 is 28.3 Å². The first kappa shape index (κ1) is 14.2. The van der Waals surface area contributed by atoms with Gasteiger partial charge in [0.25, 0.3) is 0 Å². The summed E-state index contributed by atoms with van der Waals surface area (Å²) in [6.45, 7) is 4.12. The van der Waals surface area contributed by atoms with E-state index >= 15 is 0 Å². The highest BCUT2D eigenvalue weighted by Crippen LogP contribution is 2.30. The molecule has 0 saturated heterocycles. The number of rotatable bonds is 2. The highest BCUT2D eigenvalue weighted by Gasteiger charge is 2.17. The van der Waals surface area contributed by atoms with E-state index in [0.717, 1.165) is 45.9 Å². The second-order valence-electron chi connectivity index (χ2n) is 5.46. The summed E-state index contributed by atoms with van der Waals surface area (Å²) >= 11 is 6.02. The molecule has 0 atom stereocenters. The molecule has 0 unspecified atom stereocenters.